The molecule has 0 aromatic carbocycles. The molecule has 2 rings (SSSR count). The molecular formula is C49H79O15P. The number of ether oxygens (including phenoxy) is 2. The first-order valence-corrected chi connectivity index (χ1v) is 25.3. The lowest BCUT2D eigenvalue weighted by Crippen LogP contribution is -2.55. The highest BCUT2D eigenvalue weighted by Crippen LogP contribution is 2.47. The van der Waals surface area contributed by atoms with Crippen molar-refractivity contribution < 1.29 is 73.0 Å². The number of carbonyl (C=O) groups excluding carboxylic acids is 3. The van der Waals surface area contributed by atoms with Crippen LogP contribution in [0.15, 0.2) is 72.9 Å². The lowest BCUT2D eigenvalue weighted by molar-refractivity contribution is -0.164. The van der Waals surface area contributed by atoms with Crippen LogP contribution in [-0.2, 0) is 37.5 Å². The van der Waals surface area contributed by atoms with Gasteiger partial charge in [-0.1, -0.05) is 126 Å². The van der Waals surface area contributed by atoms with Crippen molar-refractivity contribution in [2.24, 2.45) is 11.8 Å². The van der Waals surface area contributed by atoms with Gasteiger partial charge in [-0.3, -0.25) is 23.4 Å². The third-order valence-electron chi connectivity index (χ3n) is 11.3. The number of cyclic esters (lactones) is 1. The zero-order valence-electron chi connectivity index (χ0n) is 38.6. The van der Waals surface area contributed by atoms with E-state index in [1.165, 1.54) is 37.5 Å². The number of ketones is 1. The van der Waals surface area contributed by atoms with Gasteiger partial charge in [-0.15, -0.1) is 0 Å². The van der Waals surface area contributed by atoms with Crippen molar-refractivity contribution in [1.82, 2.24) is 0 Å². The minimum absolute atomic E-state index is 0.0226. The zero-order chi connectivity index (χ0) is 47.9. The maximum atomic E-state index is 13.5. The quantitative estimate of drug-likeness (QED) is 0.0233. The summed E-state index contributed by atoms with van der Waals surface area (Å²) in [6.07, 6.45) is 20.1. The number of hydrogen-bond acceptors (Lipinski definition) is 14. The van der Waals surface area contributed by atoms with Gasteiger partial charge in [0.25, 0.3) is 0 Å². The standard InChI is InChI=1S/C49H79O15P/c1-3-5-7-8-9-10-11-12-13-14-15-16-17-18-19-20-25-29-42(52)61-35-39-36-62-65(59,60)64-49-47(57)45(55)40(33-32-38(50)28-23-6-4-2)41(51)34-31-37(44(54)46(56)48(49)58)27-24-21-22-26-30-43(53)63-39/h9-10,12-13,15-16,21,24,31-34,37-40,44-50,54-58H,3-8,11,14,17-20,22-23,25-30,35-36H2,1-2H3,(H,59,60)/b10-9-,13-12-,16-15-,24-21-,33-32+,34-31-/t37-,38-,39+,40-,44+,45+,46-,47+,48+,49+/m0/s1. The second-order valence-corrected chi connectivity index (χ2v) is 18.3. The topological polar surface area (TPSA) is 247 Å². The number of hydrogen-bond donors (Lipinski definition) is 7. The van der Waals surface area contributed by atoms with Gasteiger partial charge in [-0.2, -0.15) is 0 Å². The Labute approximate surface area is 386 Å². The molecule has 370 valence electrons. The van der Waals surface area contributed by atoms with Gasteiger partial charge in [0, 0.05) is 18.8 Å². The molecule has 0 spiro atoms. The van der Waals surface area contributed by atoms with Crippen LogP contribution in [0, 0.1) is 11.8 Å². The molecule has 0 saturated heterocycles. The second kappa shape index (κ2) is 34.2. The fourth-order valence-electron chi connectivity index (χ4n) is 7.26. The first-order chi connectivity index (χ1) is 31.2. The van der Waals surface area contributed by atoms with Gasteiger partial charge >= 0.3 is 19.8 Å². The van der Waals surface area contributed by atoms with Crippen LogP contribution in [0.1, 0.15) is 142 Å². The number of phosphoric ester groups is 1. The molecule has 0 aromatic heterocycles. The van der Waals surface area contributed by atoms with E-state index in [-0.39, 0.29) is 19.3 Å². The summed E-state index contributed by atoms with van der Waals surface area (Å²) in [6, 6.07) is 0. The molecule has 15 nitrogen and oxygen atoms in total. The molecular weight excluding hydrogens is 859 g/mol. The molecule has 0 fully saturated rings. The summed E-state index contributed by atoms with van der Waals surface area (Å²) in [6.45, 7) is 2.80. The average molecular weight is 939 g/mol. The van der Waals surface area contributed by atoms with E-state index in [1.807, 2.05) is 6.92 Å². The lowest BCUT2D eigenvalue weighted by Gasteiger charge is -2.36. The summed E-state index contributed by atoms with van der Waals surface area (Å²) in [4.78, 5) is 49.9. The van der Waals surface area contributed by atoms with Crippen molar-refractivity contribution in [1.29, 1.82) is 0 Å². The average Bonchev–Trinajstić information content (AvgIpc) is 3.28. The Balaban J connectivity index is 2.10. The number of carbonyl (C=O) groups is 3. The molecule has 65 heavy (non-hydrogen) atoms. The van der Waals surface area contributed by atoms with E-state index in [9.17, 15) is 54.5 Å². The lowest BCUT2D eigenvalue weighted by atomic mass is 9.87. The molecule has 7 N–H and O–H groups in total. The maximum Gasteiger partial charge on any atom is 0.472 e. The number of allylic oxidation sites excluding steroid dienone is 9. The fraction of sp³-hybridized carbons (Fsp3) is 0.694. The van der Waals surface area contributed by atoms with Crippen LogP contribution in [0.25, 0.3) is 0 Å². The molecule has 0 amide bonds. The number of fused-ring (bicyclic) bond motifs is 4. The van der Waals surface area contributed by atoms with Gasteiger partial charge in [-0.25, -0.2) is 4.57 Å². The summed E-state index contributed by atoms with van der Waals surface area (Å²) >= 11 is 0. The van der Waals surface area contributed by atoms with Crippen molar-refractivity contribution in [2.45, 2.75) is 191 Å². The van der Waals surface area contributed by atoms with E-state index in [4.69, 9.17) is 18.5 Å². The Bertz CT molecular complexity index is 1570. The van der Waals surface area contributed by atoms with Crippen LogP contribution in [0.5, 0.6) is 0 Å². The Kier molecular flexibility index (Phi) is 30.6. The van der Waals surface area contributed by atoms with E-state index in [1.54, 1.807) is 12.2 Å². The molecule has 1 unspecified atom stereocenters. The van der Waals surface area contributed by atoms with Crippen LogP contribution in [0.2, 0.25) is 0 Å². The van der Waals surface area contributed by atoms with E-state index < -0.39 is 99.4 Å². The molecule has 2 bridgehead atoms. The Hall–Kier alpha value is -3.08. The van der Waals surface area contributed by atoms with E-state index in [0.29, 0.717) is 32.1 Å². The molecule has 1 aliphatic carbocycles. The van der Waals surface area contributed by atoms with Crippen LogP contribution >= 0.6 is 7.82 Å². The molecule has 0 aromatic rings. The largest absolute Gasteiger partial charge is 0.472 e. The summed E-state index contributed by atoms with van der Waals surface area (Å²) in [5, 5.41) is 66.9. The number of rotatable bonds is 23. The molecule has 1 heterocycles. The van der Waals surface area contributed by atoms with Crippen LogP contribution < -0.4 is 0 Å². The maximum absolute atomic E-state index is 13.5. The summed E-state index contributed by atoms with van der Waals surface area (Å²) in [5.41, 5.74) is 0. The highest BCUT2D eigenvalue weighted by molar-refractivity contribution is 7.47. The van der Waals surface area contributed by atoms with E-state index in [2.05, 4.69) is 43.4 Å². The van der Waals surface area contributed by atoms with Crippen LogP contribution in [0.4, 0.5) is 0 Å². The molecule has 1 aliphatic heterocycles. The van der Waals surface area contributed by atoms with Crippen LogP contribution in [0.3, 0.4) is 0 Å². The number of unbranched alkanes of at least 4 members (excludes halogenated alkanes) is 9. The highest BCUT2D eigenvalue weighted by Gasteiger charge is 2.47. The van der Waals surface area contributed by atoms with E-state index >= 15 is 0 Å². The minimum atomic E-state index is -5.42. The molecule has 16 heteroatoms. The Morgan fingerprint density at radius 2 is 1.45 bits per heavy atom. The second-order valence-electron chi connectivity index (χ2n) is 16.9. The third-order valence-corrected chi connectivity index (χ3v) is 12.2. The van der Waals surface area contributed by atoms with Crippen molar-refractivity contribution in [3.63, 3.8) is 0 Å². The molecule has 0 saturated carbocycles. The monoisotopic (exact) mass is 939 g/mol. The van der Waals surface area contributed by atoms with Crippen molar-refractivity contribution in [3.8, 4) is 0 Å². The van der Waals surface area contributed by atoms with E-state index in [0.717, 1.165) is 63.9 Å². The predicted molar refractivity (Wildman–Crippen MR) is 248 cm³/mol. The summed E-state index contributed by atoms with van der Waals surface area (Å²) < 4.78 is 34.6. The number of esters is 2. The number of aliphatic hydroxyl groups is 6. The Morgan fingerprint density at radius 3 is 2.14 bits per heavy atom. The molecule has 0 radical (unpaired) electrons. The molecule has 11 atom stereocenters. The minimum Gasteiger partial charge on any atom is -0.462 e. The molecule has 2 aliphatic rings. The first kappa shape index (κ1) is 58.0. The van der Waals surface area contributed by atoms with Crippen LogP contribution in [-0.4, -0.2) is 115 Å². The van der Waals surface area contributed by atoms with Gasteiger partial charge in [-0.05, 0) is 76.7 Å². The first-order valence-electron chi connectivity index (χ1n) is 23.8. The summed E-state index contributed by atoms with van der Waals surface area (Å²) in [7, 11) is -5.42. The SMILES string of the molecule is CCCCC/C=C\C/C=C\C/C=C\CCCCCCC(=O)OC[C@@H]1COP(=O)(O)O[C@H]2[C@H](O)[C@@H](O)[C@H](O)[C@H](/C=C\C(=O)[C@H](/C=C/[C@@H](O)CCCCC)[C@@H](O)[C@H]2O)C/C=C\CCCC(=O)O1. The third kappa shape index (κ3) is 25.0. The fourth-order valence-corrected chi connectivity index (χ4v) is 8.23. The van der Waals surface area contributed by atoms with Crippen molar-refractivity contribution >= 4 is 25.5 Å². The Morgan fingerprint density at radius 1 is 0.815 bits per heavy atom. The van der Waals surface area contributed by atoms with Gasteiger partial charge in [0.05, 0.1) is 30.8 Å². The number of phosphoric acid groups is 1. The van der Waals surface area contributed by atoms with Gasteiger partial charge < -0.3 is 45.0 Å². The van der Waals surface area contributed by atoms with Gasteiger partial charge in [0.2, 0.25) is 0 Å². The summed E-state index contributed by atoms with van der Waals surface area (Å²) in [5.74, 6) is -4.67. The zero-order valence-corrected chi connectivity index (χ0v) is 39.5. The predicted octanol–water partition coefficient (Wildman–Crippen LogP) is 7.12. The van der Waals surface area contributed by atoms with Gasteiger partial charge in [0.15, 0.2) is 11.9 Å². The normalized spacial score (nSPS) is 30.7. The number of aliphatic hydroxyl groups excluding tert-OH is 6. The van der Waals surface area contributed by atoms with Crippen molar-refractivity contribution in [3.05, 3.63) is 72.9 Å². The highest BCUT2D eigenvalue weighted by atomic mass is 31.2. The smallest absolute Gasteiger partial charge is 0.462 e. The van der Waals surface area contributed by atoms with Gasteiger partial charge in [0.1, 0.15) is 31.0 Å². The van der Waals surface area contributed by atoms with Crippen molar-refractivity contribution in [2.75, 3.05) is 13.2 Å².